The van der Waals surface area contributed by atoms with Gasteiger partial charge in [0.25, 0.3) is 0 Å². The fourth-order valence-corrected chi connectivity index (χ4v) is 4.80. The highest BCUT2D eigenvalue weighted by Gasteiger charge is 2.42. The van der Waals surface area contributed by atoms with Gasteiger partial charge in [0, 0.05) is 21.6 Å². The summed E-state index contributed by atoms with van der Waals surface area (Å²) in [4.78, 5) is 49.1. The van der Waals surface area contributed by atoms with Gasteiger partial charge in [-0.25, -0.2) is 0 Å². The molecule has 0 saturated carbocycles. The Morgan fingerprint density at radius 1 is 0.744 bits per heavy atom. The number of halogens is 7. The maximum atomic E-state index is 13.1. The SMILES string of the molecule is CCOC(=O)C(C(=O)OCC)c1cc([C@H](c2ccc(NC(=O)C(F)(F)F)c(Br)c2)C(C)(C)C)ccc1NC(=O)C(F)(F)F. The van der Waals surface area contributed by atoms with Crippen LogP contribution in [0.3, 0.4) is 0 Å². The van der Waals surface area contributed by atoms with Gasteiger partial charge >= 0.3 is 36.1 Å². The highest BCUT2D eigenvalue weighted by atomic mass is 79.9. The minimum Gasteiger partial charge on any atom is -0.465 e. The molecule has 0 heterocycles. The van der Waals surface area contributed by atoms with Crippen LogP contribution in [0.1, 0.15) is 63.1 Å². The zero-order valence-electron chi connectivity index (χ0n) is 23.6. The van der Waals surface area contributed by atoms with Gasteiger partial charge in [-0.1, -0.05) is 39.0 Å². The van der Waals surface area contributed by atoms with Crippen LogP contribution in [0.2, 0.25) is 0 Å². The van der Waals surface area contributed by atoms with Crippen LogP contribution in [-0.2, 0) is 28.7 Å². The zero-order chi connectivity index (χ0) is 32.9. The first-order valence-electron chi connectivity index (χ1n) is 12.7. The lowest BCUT2D eigenvalue weighted by Crippen LogP contribution is -2.32. The maximum Gasteiger partial charge on any atom is 0.471 e. The molecule has 0 radical (unpaired) electrons. The number of carbonyl (C=O) groups excluding carboxylic acids is 4. The minimum absolute atomic E-state index is 0.0991. The average Bonchev–Trinajstić information content (AvgIpc) is 2.85. The third-order valence-electron chi connectivity index (χ3n) is 5.97. The predicted molar refractivity (Wildman–Crippen MR) is 147 cm³/mol. The highest BCUT2D eigenvalue weighted by molar-refractivity contribution is 9.10. The monoisotopic (exact) mass is 682 g/mol. The molecule has 0 fully saturated rings. The number of nitrogens with one attached hydrogen (secondary N) is 2. The number of rotatable bonds is 9. The second kappa shape index (κ2) is 13.8. The molecule has 0 aliphatic carbocycles. The summed E-state index contributed by atoms with van der Waals surface area (Å²) >= 11 is 3.16. The van der Waals surface area contributed by atoms with E-state index in [0.717, 1.165) is 6.07 Å². The van der Waals surface area contributed by atoms with Gasteiger partial charge in [-0.3, -0.25) is 19.2 Å². The van der Waals surface area contributed by atoms with Crippen LogP contribution in [0.4, 0.5) is 37.7 Å². The second-order valence-electron chi connectivity index (χ2n) is 10.2. The van der Waals surface area contributed by atoms with Gasteiger partial charge in [0.2, 0.25) is 0 Å². The summed E-state index contributed by atoms with van der Waals surface area (Å²) in [6.45, 7) is 7.98. The van der Waals surface area contributed by atoms with E-state index < -0.39 is 59.0 Å². The van der Waals surface area contributed by atoms with Crippen LogP contribution < -0.4 is 10.6 Å². The summed E-state index contributed by atoms with van der Waals surface area (Å²) in [6, 6.07) is 7.89. The standard InChI is InChI=1S/C28H29BrF6N2O6/c1-6-42-22(38)20(23(39)43-7-2)16-12-14(8-10-18(16)36-24(40)27(30,31)32)21(26(3,4)5)15-9-11-19(17(29)13-15)37-25(41)28(33,34)35/h8-13,20-21H,6-7H2,1-5H3,(H,36,40)(H,37,41)/t21-/m1/s1. The Labute approximate surface area is 251 Å². The number of alkyl halides is 6. The summed E-state index contributed by atoms with van der Waals surface area (Å²) < 4.78 is 87.8. The maximum absolute atomic E-state index is 13.1. The van der Waals surface area contributed by atoms with E-state index in [1.807, 2.05) is 0 Å². The quantitative estimate of drug-likeness (QED) is 0.170. The first-order valence-corrected chi connectivity index (χ1v) is 13.5. The normalized spacial score (nSPS) is 12.9. The van der Waals surface area contributed by atoms with Crippen LogP contribution in [0, 0.1) is 5.41 Å². The van der Waals surface area contributed by atoms with E-state index in [9.17, 15) is 45.5 Å². The first kappa shape index (κ1) is 35.6. The Balaban J connectivity index is 2.77. The van der Waals surface area contributed by atoms with Gasteiger partial charge in [0.05, 0.1) is 18.9 Å². The molecule has 2 N–H and O–H groups in total. The summed E-state index contributed by atoms with van der Waals surface area (Å²) in [6.07, 6.45) is -10.4. The molecule has 0 bridgehead atoms. The van der Waals surface area contributed by atoms with Crippen molar-refractivity contribution in [3.63, 3.8) is 0 Å². The molecule has 2 amide bonds. The van der Waals surface area contributed by atoms with Crippen molar-refractivity contribution >= 4 is 51.1 Å². The van der Waals surface area contributed by atoms with Crippen LogP contribution in [0.15, 0.2) is 40.9 Å². The summed E-state index contributed by atoms with van der Waals surface area (Å²) in [5.74, 6) is -9.29. The molecule has 2 aromatic rings. The van der Waals surface area contributed by atoms with Crippen molar-refractivity contribution in [1.82, 2.24) is 0 Å². The topological polar surface area (TPSA) is 111 Å². The van der Waals surface area contributed by atoms with Crippen molar-refractivity contribution in [2.45, 2.75) is 58.8 Å². The van der Waals surface area contributed by atoms with E-state index in [1.165, 1.54) is 44.2 Å². The Bertz CT molecular complexity index is 1350. The molecule has 0 saturated heterocycles. The number of ether oxygens (including phenoxy) is 2. The Hall–Kier alpha value is -3.62. The molecule has 0 spiro atoms. The van der Waals surface area contributed by atoms with Gasteiger partial charge < -0.3 is 20.1 Å². The van der Waals surface area contributed by atoms with Crippen LogP contribution in [-0.4, -0.2) is 49.3 Å². The van der Waals surface area contributed by atoms with Crippen molar-refractivity contribution in [2.24, 2.45) is 5.41 Å². The molecule has 2 rings (SSSR count). The lowest BCUT2D eigenvalue weighted by atomic mass is 9.72. The summed E-state index contributed by atoms with van der Waals surface area (Å²) in [7, 11) is 0. The predicted octanol–water partition coefficient (Wildman–Crippen LogP) is 6.84. The van der Waals surface area contributed by atoms with Crippen molar-refractivity contribution in [1.29, 1.82) is 0 Å². The number of amides is 2. The molecule has 0 aromatic heterocycles. The molecule has 2 aromatic carbocycles. The van der Waals surface area contributed by atoms with Crippen LogP contribution >= 0.6 is 15.9 Å². The molecule has 1 atom stereocenters. The molecule has 0 aliphatic rings. The third-order valence-corrected chi connectivity index (χ3v) is 6.62. The first-order chi connectivity index (χ1) is 19.7. The highest BCUT2D eigenvalue weighted by Crippen LogP contribution is 2.44. The zero-order valence-corrected chi connectivity index (χ0v) is 25.2. The van der Waals surface area contributed by atoms with Crippen molar-refractivity contribution < 1.29 is 55.0 Å². The number of hydrogen-bond acceptors (Lipinski definition) is 6. The molecular weight excluding hydrogens is 654 g/mol. The van der Waals surface area contributed by atoms with E-state index in [2.05, 4.69) is 15.9 Å². The molecule has 15 heteroatoms. The second-order valence-corrected chi connectivity index (χ2v) is 11.1. The van der Waals surface area contributed by atoms with Crippen molar-refractivity contribution in [2.75, 3.05) is 23.8 Å². The Morgan fingerprint density at radius 3 is 1.56 bits per heavy atom. The van der Waals surface area contributed by atoms with Crippen LogP contribution in [0.5, 0.6) is 0 Å². The van der Waals surface area contributed by atoms with Gasteiger partial charge in [0.15, 0.2) is 5.92 Å². The van der Waals surface area contributed by atoms with E-state index in [-0.39, 0.29) is 28.9 Å². The molecule has 0 aliphatic heterocycles. The lowest BCUT2D eigenvalue weighted by Gasteiger charge is -2.33. The summed E-state index contributed by atoms with van der Waals surface area (Å²) in [5, 5.41) is 3.46. The van der Waals surface area contributed by atoms with Crippen LogP contribution in [0.25, 0.3) is 0 Å². The lowest BCUT2D eigenvalue weighted by molar-refractivity contribution is -0.167. The molecular formula is C28H29BrF6N2O6. The van der Waals surface area contributed by atoms with Gasteiger partial charge in [-0.2, -0.15) is 26.3 Å². The number of benzene rings is 2. The van der Waals surface area contributed by atoms with E-state index >= 15 is 0 Å². The van der Waals surface area contributed by atoms with E-state index in [4.69, 9.17) is 9.47 Å². The number of esters is 2. The minimum atomic E-state index is -5.29. The molecule has 0 unspecified atom stereocenters. The number of hydrogen-bond donors (Lipinski definition) is 2. The van der Waals surface area contributed by atoms with E-state index in [1.54, 1.807) is 31.4 Å². The average molecular weight is 683 g/mol. The Morgan fingerprint density at radius 2 is 1.16 bits per heavy atom. The molecule has 236 valence electrons. The number of anilines is 2. The summed E-state index contributed by atoms with van der Waals surface area (Å²) in [5.41, 5.74) is -0.802. The van der Waals surface area contributed by atoms with Gasteiger partial charge in [-0.05, 0) is 64.5 Å². The third kappa shape index (κ3) is 9.18. The largest absolute Gasteiger partial charge is 0.471 e. The van der Waals surface area contributed by atoms with Crippen molar-refractivity contribution in [3.8, 4) is 0 Å². The number of carbonyl (C=O) groups is 4. The van der Waals surface area contributed by atoms with Gasteiger partial charge in [-0.15, -0.1) is 0 Å². The molecule has 43 heavy (non-hydrogen) atoms. The smallest absolute Gasteiger partial charge is 0.465 e. The van der Waals surface area contributed by atoms with E-state index in [0.29, 0.717) is 11.1 Å². The molecule has 8 nitrogen and oxygen atoms in total. The fourth-order valence-electron chi connectivity index (χ4n) is 4.31. The Kier molecular flexibility index (Phi) is 11.4. The fraction of sp³-hybridized carbons (Fsp3) is 0.429. The van der Waals surface area contributed by atoms with Gasteiger partial charge in [0.1, 0.15) is 0 Å². The van der Waals surface area contributed by atoms with Crippen molar-refractivity contribution in [3.05, 3.63) is 57.6 Å².